The third kappa shape index (κ3) is 5.07. The Morgan fingerprint density at radius 3 is 2.37 bits per heavy atom. The number of pyridine rings is 3. The smallest absolute Gasteiger partial charge is 0.307 e. The molecule has 5 rings (SSSR count). The fourth-order valence-electron chi connectivity index (χ4n) is 3.74. The molecule has 0 aliphatic carbocycles. The van der Waals surface area contributed by atoms with E-state index in [0.717, 1.165) is 16.3 Å². The van der Waals surface area contributed by atoms with Gasteiger partial charge in [-0.15, -0.1) is 0 Å². The predicted octanol–water partition coefficient (Wildman–Crippen LogP) is 5.06. The number of carbonyl (C=O) groups is 1. The topological polar surface area (TPSA) is 94.7 Å². The summed E-state index contributed by atoms with van der Waals surface area (Å²) in [5, 5.41) is 6.70. The van der Waals surface area contributed by atoms with Crippen molar-refractivity contribution in [3.05, 3.63) is 119 Å². The summed E-state index contributed by atoms with van der Waals surface area (Å²) in [6.45, 7) is 1.92. The van der Waals surface area contributed by atoms with E-state index >= 15 is 0 Å². The maximum absolute atomic E-state index is 13.7. The zero-order valence-corrected chi connectivity index (χ0v) is 19.8. The van der Waals surface area contributed by atoms with Crippen LogP contribution >= 0.6 is 0 Å². The largest absolute Gasteiger partial charge is 0.433 e. The molecule has 190 valence electrons. The molecular weight excluding hydrogens is 497 g/mol. The molecule has 0 bridgehead atoms. The van der Waals surface area contributed by atoms with E-state index in [1.165, 1.54) is 53.6 Å². The van der Waals surface area contributed by atoms with Gasteiger partial charge in [0.05, 0.1) is 23.1 Å². The summed E-state index contributed by atoms with van der Waals surface area (Å²) in [5.41, 5.74) is 1.12. The van der Waals surface area contributed by atoms with E-state index in [2.05, 4.69) is 20.4 Å². The van der Waals surface area contributed by atoms with Crippen LogP contribution in [0.2, 0.25) is 0 Å². The average molecular weight is 516 g/mol. The molecule has 0 radical (unpaired) electrons. The van der Waals surface area contributed by atoms with Gasteiger partial charge in [0.25, 0.3) is 11.5 Å². The first kappa shape index (κ1) is 24.6. The first-order chi connectivity index (χ1) is 18.2. The molecule has 0 unspecified atom stereocenters. The minimum absolute atomic E-state index is 0.0541. The number of hydrogen-bond donors (Lipinski definition) is 1. The van der Waals surface area contributed by atoms with Crippen LogP contribution in [0, 0.1) is 6.92 Å². The van der Waals surface area contributed by atoms with Crippen LogP contribution in [0.1, 0.15) is 21.6 Å². The van der Waals surface area contributed by atoms with Crippen LogP contribution in [0.5, 0.6) is 0 Å². The van der Waals surface area contributed by atoms with Crippen LogP contribution in [0.15, 0.2) is 96.3 Å². The second-order valence-electron chi connectivity index (χ2n) is 8.38. The molecule has 0 fully saturated rings. The molecule has 0 aliphatic heterocycles. The summed E-state index contributed by atoms with van der Waals surface area (Å²) in [6.07, 6.45) is 0.861. The van der Waals surface area contributed by atoms with Gasteiger partial charge < -0.3 is 5.32 Å². The Labute approximate surface area is 214 Å². The number of hydrogen-bond acceptors (Lipinski definition) is 5. The van der Waals surface area contributed by atoms with E-state index in [1.54, 1.807) is 24.3 Å². The van der Waals surface area contributed by atoms with Crippen molar-refractivity contribution in [3.8, 4) is 22.6 Å². The maximum Gasteiger partial charge on any atom is 0.433 e. The van der Waals surface area contributed by atoms with Crippen LogP contribution in [0.25, 0.3) is 22.6 Å². The number of carbonyl (C=O) groups excluding carboxylic acids is 1. The summed E-state index contributed by atoms with van der Waals surface area (Å²) in [5.74, 6) is -0.430. The first-order valence-corrected chi connectivity index (χ1v) is 11.3. The third-order valence-corrected chi connectivity index (χ3v) is 5.68. The lowest BCUT2D eigenvalue weighted by Gasteiger charge is -2.11. The Morgan fingerprint density at radius 1 is 0.947 bits per heavy atom. The number of halogens is 3. The van der Waals surface area contributed by atoms with E-state index in [0.29, 0.717) is 11.3 Å². The monoisotopic (exact) mass is 516 g/mol. The van der Waals surface area contributed by atoms with Crippen molar-refractivity contribution in [2.24, 2.45) is 0 Å². The Hall–Kier alpha value is -5.06. The van der Waals surface area contributed by atoms with Gasteiger partial charge in [-0.3, -0.25) is 19.1 Å². The number of nitrogens with zero attached hydrogens (tertiary/aromatic N) is 5. The molecule has 1 N–H and O–H groups in total. The fraction of sp³-hybridized carbons (Fsp3) is 0.0741. The molecule has 5 aromatic rings. The first-order valence-electron chi connectivity index (χ1n) is 11.3. The minimum atomic E-state index is -4.67. The van der Waals surface area contributed by atoms with Gasteiger partial charge in [-0.1, -0.05) is 17.7 Å². The Kier molecular flexibility index (Phi) is 6.33. The highest BCUT2D eigenvalue weighted by Gasteiger charge is 2.36. The van der Waals surface area contributed by atoms with Crippen molar-refractivity contribution in [1.82, 2.24) is 24.3 Å². The summed E-state index contributed by atoms with van der Waals surface area (Å²) < 4.78 is 43.3. The minimum Gasteiger partial charge on any atom is -0.307 e. The van der Waals surface area contributed by atoms with E-state index in [9.17, 15) is 22.8 Å². The quantitative estimate of drug-likeness (QED) is 0.353. The van der Waals surface area contributed by atoms with Gasteiger partial charge in [-0.2, -0.15) is 18.3 Å². The number of nitrogens with one attached hydrogen (secondary N) is 1. The van der Waals surface area contributed by atoms with Crippen LogP contribution in [-0.4, -0.2) is 30.2 Å². The fourth-order valence-corrected chi connectivity index (χ4v) is 3.74. The van der Waals surface area contributed by atoms with Gasteiger partial charge in [0, 0.05) is 35.9 Å². The molecule has 8 nitrogen and oxygen atoms in total. The Balaban J connectivity index is 1.40. The lowest BCUT2D eigenvalue weighted by atomic mass is 10.2. The van der Waals surface area contributed by atoms with Gasteiger partial charge >= 0.3 is 6.18 Å². The second-order valence-corrected chi connectivity index (χ2v) is 8.38. The SMILES string of the molecule is Cc1ccc(-n2cc(C(=O)Nc3ccc(-n4nc(-c5cccnc5)cc4C(F)(F)F)cn3)ccc2=O)cc1. The number of alkyl halides is 3. The van der Waals surface area contributed by atoms with E-state index in [1.807, 2.05) is 19.1 Å². The Bertz CT molecular complexity index is 1660. The number of aromatic nitrogens is 5. The summed E-state index contributed by atoms with van der Waals surface area (Å²) in [6, 6.07) is 16.8. The normalized spacial score (nSPS) is 11.4. The molecule has 4 heterocycles. The number of aryl methyl sites for hydroxylation is 1. The molecule has 1 amide bonds. The predicted molar refractivity (Wildman–Crippen MR) is 134 cm³/mol. The molecular formula is C27H19F3N6O2. The molecule has 0 atom stereocenters. The second kappa shape index (κ2) is 9.77. The molecule has 0 saturated carbocycles. The molecule has 11 heteroatoms. The van der Waals surface area contributed by atoms with Crippen molar-refractivity contribution in [2.45, 2.75) is 13.1 Å². The molecule has 38 heavy (non-hydrogen) atoms. The maximum atomic E-state index is 13.7. The molecule has 0 spiro atoms. The van der Waals surface area contributed by atoms with Crippen molar-refractivity contribution in [1.29, 1.82) is 0 Å². The van der Waals surface area contributed by atoms with E-state index in [-0.39, 0.29) is 28.3 Å². The van der Waals surface area contributed by atoms with Crippen molar-refractivity contribution in [3.63, 3.8) is 0 Å². The zero-order valence-electron chi connectivity index (χ0n) is 19.8. The summed E-state index contributed by atoms with van der Waals surface area (Å²) >= 11 is 0. The van der Waals surface area contributed by atoms with Gasteiger partial charge in [-0.25, -0.2) is 9.67 Å². The number of rotatable bonds is 5. The standard InChI is InChI=1S/C27H19F3N6O2/c1-17-4-7-20(8-5-17)35-16-19(6-11-25(35)37)26(38)33-24-10-9-21(15-32-24)36-23(27(28,29)30)13-22(34-36)18-3-2-12-31-14-18/h2-16H,1H3,(H,32,33,38). The van der Waals surface area contributed by atoms with Crippen LogP contribution < -0.4 is 10.9 Å². The van der Waals surface area contributed by atoms with Crippen LogP contribution in [0.4, 0.5) is 19.0 Å². The number of benzene rings is 1. The number of anilines is 1. The zero-order chi connectivity index (χ0) is 26.9. The Morgan fingerprint density at radius 2 is 1.71 bits per heavy atom. The van der Waals surface area contributed by atoms with Crippen molar-refractivity contribution < 1.29 is 18.0 Å². The van der Waals surface area contributed by atoms with E-state index in [4.69, 9.17) is 0 Å². The molecule has 0 saturated heterocycles. The highest BCUT2D eigenvalue weighted by molar-refractivity contribution is 6.03. The highest BCUT2D eigenvalue weighted by Crippen LogP contribution is 2.34. The third-order valence-electron chi connectivity index (χ3n) is 5.68. The van der Waals surface area contributed by atoms with Gasteiger partial charge in [0.2, 0.25) is 0 Å². The molecule has 0 aliphatic rings. The van der Waals surface area contributed by atoms with Gasteiger partial charge in [-0.05, 0) is 55.5 Å². The molecule has 1 aromatic carbocycles. The number of amides is 1. The summed E-state index contributed by atoms with van der Waals surface area (Å²) in [4.78, 5) is 33.2. The summed E-state index contributed by atoms with van der Waals surface area (Å²) in [7, 11) is 0. The van der Waals surface area contributed by atoms with Crippen molar-refractivity contribution >= 4 is 11.7 Å². The van der Waals surface area contributed by atoms with Gasteiger partial charge in [0.15, 0.2) is 0 Å². The lowest BCUT2D eigenvalue weighted by Crippen LogP contribution is -2.21. The van der Waals surface area contributed by atoms with Crippen LogP contribution in [0.3, 0.4) is 0 Å². The average Bonchev–Trinajstić information content (AvgIpc) is 3.37. The highest BCUT2D eigenvalue weighted by atomic mass is 19.4. The van der Waals surface area contributed by atoms with Crippen LogP contribution in [-0.2, 0) is 6.18 Å². The van der Waals surface area contributed by atoms with Gasteiger partial charge in [0.1, 0.15) is 11.5 Å². The lowest BCUT2D eigenvalue weighted by molar-refractivity contribution is -0.142. The van der Waals surface area contributed by atoms with E-state index < -0.39 is 17.8 Å². The molecule has 4 aromatic heterocycles. The van der Waals surface area contributed by atoms with Crippen molar-refractivity contribution in [2.75, 3.05) is 5.32 Å².